The van der Waals surface area contributed by atoms with E-state index < -0.39 is 6.61 Å². The number of carbonyl (C=O) groups is 1. The van der Waals surface area contributed by atoms with Gasteiger partial charge in [-0.25, -0.2) is 0 Å². The molecular weight excluding hydrogens is 392 g/mol. The monoisotopic (exact) mass is 413 g/mol. The zero-order chi connectivity index (χ0) is 21.5. The maximum absolute atomic E-state index is 12.8. The Morgan fingerprint density at radius 3 is 2.43 bits per heavy atom. The Morgan fingerprint density at radius 2 is 1.77 bits per heavy atom. The molecule has 0 heterocycles. The topological polar surface area (TPSA) is 56.8 Å². The summed E-state index contributed by atoms with van der Waals surface area (Å²) in [5.41, 5.74) is 2.50. The Bertz CT molecular complexity index is 1010. The molecule has 0 saturated carbocycles. The number of rotatable bonds is 8. The number of ether oxygens (including phenoxy) is 3. The van der Waals surface area contributed by atoms with Gasteiger partial charge in [0.05, 0.1) is 7.11 Å². The van der Waals surface area contributed by atoms with Crippen molar-refractivity contribution < 1.29 is 27.8 Å². The van der Waals surface area contributed by atoms with Crippen molar-refractivity contribution in [1.82, 2.24) is 0 Å². The van der Waals surface area contributed by atoms with Gasteiger partial charge in [-0.05, 0) is 60.5 Å². The summed E-state index contributed by atoms with van der Waals surface area (Å²) < 4.78 is 40.9. The van der Waals surface area contributed by atoms with Crippen molar-refractivity contribution in [2.75, 3.05) is 19.0 Å². The van der Waals surface area contributed by atoms with Gasteiger partial charge in [0.15, 0.2) is 6.61 Å². The predicted molar refractivity (Wildman–Crippen MR) is 110 cm³/mol. The molecule has 0 fully saturated rings. The number of amides is 1. The van der Waals surface area contributed by atoms with Gasteiger partial charge in [0.25, 0.3) is 5.91 Å². The molecular formula is C23H21F2NO4. The average molecular weight is 413 g/mol. The van der Waals surface area contributed by atoms with Crippen molar-refractivity contribution in [3.05, 3.63) is 72.3 Å². The number of anilines is 1. The number of alkyl halides is 2. The summed E-state index contributed by atoms with van der Waals surface area (Å²) in [6, 6.07) is 18.7. The highest BCUT2D eigenvalue weighted by Crippen LogP contribution is 2.34. The number of aryl methyl sites for hydroxylation is 1. The number of nitrogens with one attached hydrogen (secondary N) is 1. The van der Waals surface area contributed by atoms with E-state index in [0.29, 0.717) is 28.3 Å². The van der Waals surface area contributed by atoms with Gasteiger partial charge < -0.3 is 19.5 Å². The van der Waals surface area contributed by atoms with Gasteiger partial charge in [0, 0.05) is 11.3 Å². The van der Waals surface area contributed by atoms with E-state index in [4.69, 9.17) is 9.47 Å². The summed E-state index contributed by atoms with van der Waals surface area (Å²) in [4.78, 5) is 12.3. The average Bonchev–Trinajstić information content (AvgIpc) is 2.73. The lowest BCUT2D eigenvalue weighted by atomic mass is 10.0. The van der Waals surface area contributed by atoms with E-state index in [0.717, 1.165) is 5.56 Å². The quantitative estimate of drug-likeness (QED) is 0.545. The van der Waals surface area contributed by atoms with Crippen LogP contribution in [0.5, 0.6) is 17.2 Å². The van der Waals surface area contributed by atoms with Gasteiger partial charge in [-0.15, -0.1) is 0 Å². The number of hydrogen-bond acceptors (Lipinski definition) is 4. The molecule has 0 aliphatic rings. The summed E-state index contributed by atoms with van der Waals surface area (Å²) in [7, 11) is 1.54. The lowest BCUT2D eigenvalue weighted by Crippen LogP contribution is -2.20. The second-order valence-electron chi connectivity index (χ2n) is 6.47. The molecule has 1 amide bonds. The lowest BCUT2D eigenvalue weighted by molar-refractivity contribution is -0.118. The van der Waals surface area contributed by atoms with Crippen molar-refractivity contribution in [3.8, 4) is 28.4 Å². The second kappa shape index (κ2) is 9.73. The predicted octanol–water partition coefficient (Wildman–Crippen LogP) is 5.29. The van der Waals surface area contributed by atoms with E-state index >= 15 is 0 Å². The molecule has 3 aromatic carbocycles. The van der Waals surface area contributed by atoms with Crippen LogP contribution in [0.3, 0.4) is 0 Å². The number of halogens is 2. The Balaban J connectivity index is 1.76. The van der Waals surface area contributed by atoms with E-state index in [-0.39, 0.29) is 18.3 Å². The number of methoxy groups -OCH3 is 1. The largest absolute Gasteiger partial charge is 0.497 e. The van der Waals surface area contributed by atoms with Gasteiger partial charge in [-0.1, -0.05) is 24.3 Å². The zero-order valence-corrected chi connectivity index (χ0v) is 16.5. The third kappa shape index (κ3) is 5.70. The maximum atomic E-state index is 12.8. The highest BCUT2D eigenvalue weighted by atomic mass is 19.3. The Kier molecular flexibility index (Phi) is 6.85. The minimum Gasteiger partial charge on any atom is -0.497 e. The third-order valence-corrected chi connectivity index (χ3v) is 4.24. The minimum absolute atomic E-state index is 0.00387. The van der Waals surface area contributed by atoms with Gasteiger partial charge in [-0.2, -0.15) is 8.78 Å². The molecule has 5 nitrogen and oxygen atoms in total. The molecule has 1 N–H and O–H groups in total. The van der Waals surface area contributed by atoms with Crippen LogP contribution < -0.4 is 19.5 Å². The van der Waals surface area contributed by atoms with E-state index in [1.165, 1.54) is 19.2 Å². The van der Waals surface area contributed by atoms with Crippen LogP contribution in [0, 0.1) is 6.92 Å². The first kappa shape index (κ1) is 21.1. The first-order valence-corrected chi connectivity index (χ1v) is 9.17. The molecule has 0 aromatic heterocycles. The Hall–Kier alpha value is -3.61. The molecule has 0 bridgehead atoms. The standard InChI is InChI=1S/C23H21F2NO4/c1-15-4-3-5-19(12-15)29-14-22(27)26-17-8-11-21(30-23(24)25)20(13-17)16-6-9-18(28-2)10-7-16/h3-13,23H,14H2,1-2H3,(H,26,27). The molecule has 0 aliphatic carbocycles. The number of carbonyl (C=O) groups excluding carboxylic acids is 1. The highest BCUT2D eigenvalue weighted by Gasteiger charge is 2.14. The second-order valence-corrected chi connectivity index (χ2v) is 6.47. The molecule has 0 radical (unpaired) electrons. The highest BCUT2D eigenvalue weighted by molar-refractivity contribution is 5.93. The van der Waals surface area contributed by atoms with Gasteiger partial charge in [0.2, 0.25) is 0 Å². The number of benzene rings is 3. The van der Waals surface area contributed by atoms with Crippen molar-refractivity contribution >= 4 is 11.6 Å². The SMILES string of the molecule is COc1ccc(-c2cc(NC(=O)COc3cccc(C)c3)ccc2OC(F)F)cc1. The lowest BCUT2D eigenvalue weighted by Gasteiger charge is -2.14. The molecule has 0 saturated heterocycles. The molecule has 7 heteroatoms. The molecule has 30 heavy (non-hydrogen) atoms. The van der Waals surface area contributed by atoms with Crippen LogP contribution in [0.15, 0.2) is 66.7 Å². The van der Waals surface area contributed by atoms with Crippen LogP contribution in [0.25, 0.3) is 11.1 Å². The van der Waals surface area contributed by atoms with E-state index in [9.17, 15) is 13.6 Å². The normalized spacial score (nSPS) is 10.6. The fourth-order valence-electron chi connectivity index (χ4n) is 2.85. The minimum atomic E-state index is -2.97. The van der Waals surface area contributed by atoms with E-state index in [1.54, 1.807) is 36.4 Å². The molecule has 0 unspecified atom stereocenters. The van der Waals surface area contributed by atoms with Gasteiger partial charge >= 0.3 is 6.61 Å². The molecule has 0 spiro atoms. The summed E-state index contributed by atoms with van der Waals surface area (Å²) in [6.45, 7) is -1.22. The Morgan fingerprint density at radius 1 is 1.00 bits per heavy atom. The number of hydrogen-bond donors (Lipinski definition) is 1. The molecule has 156 valence electrons. The van der Waals surface area contributed by atoms with E-state index in [1.807, 2.05) is 25.1 Å². The van der Waals surface area contributed by atoms with Crippen LogP contribution in [-0.4, -0.2) is 26.2 Å². The van der Waals surface area contributed by atoms with Crippen molar-refractivity contribution in [1.29, 1.82) is 0 Å². The molecule has 3 aromatic rings. The molecule has 0 aliphatic heterocycles. The fraction of sp³-hybridized carbons (Fsp3) is 0.174. The van der Waals surface area contributed by atoms with E-state index in [2.05, 4.69) is 10.1 Å². The van der Waals surface area contributed by atoms with Gasteiger partial charge in [-0.3, -0.25) is 4.79 Å². The summed E-state index contributed by atoms with van der Waals surface area (Å²) >= 11 is 0. The zero-order valence-electron chi connectivity index (χ0n) is 16.5. The maximum Gasteiger partial charge on any atom is 0.387 e. The summed E-state index contributed by atoms with van der Waals surface area (Å²) in [5.74, 6) is 0.849. The Labute approximate surface area is 173 Å². The molecule has 3 rings (SSSR count). The first-order valence-electron chi connectivity index (χ1n) is 9.17. The van der Waals surface area contributed by atoms with Crippen molar-refractivity contribution in [2.45, 2.75) is 13.5 Å². The smallest absolute Gasteiger partial charge is 0.387 e. The summed E-state index contributed by atoms with van der Waals surface area (Å²) in [5, 5.41) is 2.71. The fourth-order valence-corrected chi connectivity index (χ4v) is 2.85. The van der Waals surface area contributed by atoms with Crippen LogP contribution in [0.4, 0.5) is 14.5 Å². The van der Waals surface area contributed by atoms with Crippen molar-refractivity contribution in [3.63, 3.8) is 0 Å². The van der Waals surface area contributed by atoms with Crippen LogP contribution in [0.1, 0.15) is 5.56 Å². The van der Waals surface area contributed by atoms with Crippen molar-refractivity contribution in [2.24, 2.45) is 0 Å². The van der Waals surface area contributed by atoms with Crippen LogP contribution >= 0.6 is 0 Å². The van der Waals surface area contributed by atoms with Crippen LogP contribution in [-0.2, 0) is 4.79 Å². The van der Waals surface area contributed by atoms with Gasteiger partial charge in [0.1, 0.15) is 17.2 Å². The van der Waals surface area contributed by atoms with Crippen LogP contribution in [0.2, 0.25) is 0 Å². The third-order valence-electron chi connectivity index (χ3n) is 4.24. The molecule has 0 atom stereocenters. The first-order chi connectivity index (χ1) is 14.4. The summed E-state index contributed by atoms with van der Waals surface area (Å²) in [6.07, 6.45) is 0.